The van der Waals surface area contributed by atoms with Crippen molar-refractivity contribution in [3.63, 3.8) is 0 Å². The monoisotopic (exact) mass is 264 g/mol. The molecule has 0 heterocycles. The highest BCUT2D eigenvalue weighted by Gasteiger charge is 2.23. The molecule has 0 saturated heterocycles. The molecule has 0 aliphatic carbocycles. The van der Waals surface area contributed by atoms with Gasteiger partial charge in [0.15, 0.2) is 0 Å². The smallest absolute Gasteiger partial charge is 0.342 e. The molecule has 1 aromatic rings. The Labute approximate surface area is 106 Å². The number of para-hydroxylation sites is 1. The van der Waals surface area contributed by atoms with E-state index < -0.39 is 28.1 Å². The summed E-state index contributed by atoms with van der Waals surface area (Å²) in [5.41, 5.74) is 7.15. The highest BCUT2D eigenvalue weighted by molar-refractivity contribution is 5.93. The lowest BCUT2D eigenvalue weighted by Crippen LogP contribution is -2.06. The van der Waals surface area contributed by atoms with Gasteiger partial charge in [-0.25, -0.2) is 4.79 Å². The summed E-state index contributed by atoms with van der Waals surface area (Å²) in [6.07, 6.45) is -0.302. The van der Waals surface area contributed by atoms with E-state index in [0.717, 1.165) is 6.07 Å². The van der Waals surface area contributed by atoms with Gasteiger partial charge in [-0.05, 0) is 23.1 Å². The predicted octanol–water partition coefficient (Wildman–Crippen LogP) is 2.06. The maximum Gasteiger partial charge on any atom is 0.342 e. The number of rotatable bonds is 5. The minimum atomic E-state index is -1.42. The first-order valence-electron chi connectivity index (χ1n) is 5.05. The number of carbonyl (C=O) groups is 2. The van der Waals surface area contributed by atoms with Gasteiger partial charge in [0.25, 0.3) is 5.69 Å². The molecule has 0 radical (unpaired) electrons. The summed E-state index contributed by atoms with van der Waals surface area (Å²) < 4.78 is 0. The Kier molecular flexibility index (Phi) is 4.56. The van der Waals surface area contributed by atoms with Gasteiger partial charge in [-0.1, -0.05) is 12.1 Å². The van der Waals surface area contributed by atoms with Gasteiger partial charge < -0.3 is 5.11 Å². The predicted molar refractivity (Wildman–Crippen MR) is 62.5 cm³/mol. The van der Waals surface area contributed by atoms with E-state index >= 15 is 0 Å². The first-order chi connectivity index (χ1) is 8.97. The van der Waals surface area contributed by atoms with E-state index in [0.29, 0.717) is 0 Å². The molecule has 0 aliphatic heterocycles. The number of nitro groups is 1. The number of aryl methyl sites for hydroxylation is 1. The Bertz CT molecular complexity index is 592. The summed E-state index contributed by atoms with van der Waals surface area (Å²) in [5.74, 6) is -2.19. The number of carboxylic acid groups (broad SMARTS) is 1. The molecule has 0 aromatic heterocycles. The molecule has 0 aliphatic rings. The van der Waals surface area contributed by atoms with Crippen molar-refractivity contribution in [2.45, 2.75) is 12.8 Å². The molecule has 1 rings (SSSR count). The number of nitrogens with zero attached hydrogens (tertiary/aromatic N) is 4. The van der Waals surface area contributed by atoms with Gasteiger partial charge in [0.05, 0.1) is 4.92 Å². The number of hydrogen-bond donors (Lipinski definition) is 1. The van der Waals surface area contributed by atoms with Crippen molar-refractivity contribution < 1.29 is 19.6 Å². The fourth-order valence-corrected chi connectivity index (χ4v) is 1.52. The first kappa shape index (κ1) is 14.1. The second-order valence-corrected chi connectivity index (χ2v) is 3.46. The molecule has 0 unspecified atom stereocenters. The summed E-state index contributed by atoms with van der Waals surface area (Å²) in [6, 6.07) is 3.82. The molecule has 19 heavy (non-hydrogen) atoms. The summed E-state index contributed by atoms with van der Waals surface area (Å²) in [7, 11) is 0. The summed E-state index contributed by atoms with van der Waals surface area (Å²) in [4.78, 5) is 34.3. The number of aromatic carboxylic acids is 1. The SMILES string of the molecule is [N-]=[N+]=NC(=O)CCc1cccc(C(=O)O)c1[N+](=O)[O-]. The average Bonchev–Trinajstić information content (AvgIpc) is 2.35. The molecule has 0 spiro atoms. The highest BCUT2D eigenvalue weighted by atomic mass is 16.6. The Balaban J connectivity index is 3.10. The van der Waals surface area contributed by atoms with Gasteiger partial charge in [-0.3, -0.25) is 14.9 Å². The molecule has 1 aromatic carbocycles. The van der Waals surface area contributed by atoms with Crippen LogP contribution in [0.2, 0.25) is 0 Å². The normalized spacial score (nSPS) is 9.47. The van der Waals surface area contributed by atoms with Crippen molar-refractivity contribution in [2.75, 3.05) is 0 Å². The standard InChI is InChI=1S/C10H8N4O5/c11-13-12-8(15)5-4-6-2-1-3-7(10(16)17)9(6)14(18)19/h1-3H,4-5H2,(H,16,17). The van der Waals surface area contributed by atoms with Crippen LogP contribution in [-0.4, -0.2) is 21.9 Å². The second kappa shape index (κ2) is 6.12. The van der Waals surface area contributed by atoms with Crippen molar-refractivity contribution in [2.24, 2.45) is 5.11 Å². The molecule has 98 valence electrons. The number of amides is 1. The molecule has 1 N–H and O–H groups in total. The highest BCUT2D eigenvalue weighted by Crippen LogP contribution is 2.25. The van der Waals surface area contributed by atoms with Crippen molar-refractivity contribution in [3.8, 4) is 0 Å². The van der Waals surface area contributed by atoms with E-state index in [9.17, 15) is 19.7 Å². The largest absolute Gasteiger partial charge is 0.477 e. The molecule has 0 atom stereocenters. The van der Waals surface area contributed by atoms with E-state index in [4.69, 9.17) is 10.6 Å². The van der Waals surface area contributed by atoms with Crippen LogP contribution in [-0.2, 0) is 11.2 Å². The maximum absolute atomic E-state index is 11.0. The number of carboxylic acids is 1. The first-order valence-corrected chi connectivity index (χ1v) is 5.05. The van der Waals surface area contributed by atoms with Crippen LogP contribution in [0.4, 0.5) is 5.69 Å². The van der Waals surface area contributed by atoms with Gasteiger partial charge >= 0.3 is 5.97 Å². The van der Waals surface area contributed by atoms with Gasteiger partial charge in [0.1, 0.15) is 5.56 Å². The Morgan fingerprint density at radius 1 is 1.47 bits per heavy atom. The quantitative estimate of drug-likeness (QED) is 0.284. The number of hydrogen-bond acceptors (Lipinski definition) is 4. The van der Waals surface area contributed by atoms with Crippen molar-refractivity contribution in [1.29, 1.82) is 0 Å². The zero-order chi connectivity index (χ0) is 14.4. The minimum Gasteiger partial charge on any atom is -0.477 e. The van der Waals surface area contributed by atoms with Crippen LogP contribution >= 0.6 is 0 Å². The van der Waals surface area contributed by atoms with Crippen LogP contribution in [0, 0.1) is 10.1 Å². The third-order valence-corrected chi connectivity index (χ3v) is 2.30. The van der Waals surface area contributed by atoms with Crippen LogP contribution in [0.25, 0.3) is 10.4 Å². The van der Waals surface area contributed by atoms with Crippen LogP contribution in [0.1, 0.15) is 22.3 Å². The lowest BCUT2D eigenvalue weighted by molar-refractivity contribution is -0.385. The van der Waals surface area contributed by atoms with E-state index in [1.54, 1.807) is 0 Å². The van der Waals surface area contributed by atoms with Crippen molar-refractivity contribution in [3.05, 3.63) is 49.9 Å². The molecule has 9 nitrogen and oxygen atoms in total. The Hall–Kier alpha value is -2.93. The van der Waals surface area contributed by atoms with Crippen LogP contribution in [0.5, 0.6) is 0 Å². The Morgan fingerprint density at radius 2 is 2.16 bits per heavy atom. The zero-order valence-electron chi connectivity index (χ0n) is 9.52. The number of nitro benzene ring substituents is 1. The van der Waals surface area contributed by atoms with E-state index in [-0.39, 0.29) is 18.4 Å². The topological polar surface area (TPSA) is 146 Å². The molecular formula is C10H8N4O5. The fraction of sp³-hybridized carbons (Fsp3) is 0.200. The van der Waals surface area contributed by atoms with Crippen LogP contribution in [0.15, 0.2) is 23.3 Å². The lowest BCUT2D eigenvalue weighted by atomic mass is 10.0. The molecule has 0 bridgehead atoms. The van der Waals surface area contributed by atoms with E-state index in [2.05, 4.69) is 10.0 Å². The molecular weight excluding hydrogens is 256 g/mol. The number of carbonyl (C=O) groups excluding carboxylic acids is 1. The fourth-order valence-electron chi connectivity index (χ4n) is 1.52. The molecule has 0 saturated carbocycles. The molecule has 1 amide bonds. The summed E-state index contributed by atoms with van der Waals surface area (Å²) in [5, 5.41) is 22.6. The zero-order valence-corrected chi connectivity index (χ0v) is 9.52. The van der Waals surface area contributed by atoms with Crippen molar-refractivity contribution in [1.82, 2.24) is 0 Å². The number of azide groups is 1. The van der Waals surface area contributed by atoms with E-state index in [1.165, 1.54) is 12.1 Å². The minimum absolute atomic E-state index is 0.0741. The van der Waals surface area contributed by atoms with Crippen molar-refractivity contribution >= 4 is 17.6 Å². The van der Waals surface area contributed by atoms with Crippen LogP contribution in [0.3, 0.4) is 0 Å². The third kappa shape index (κ3) is 3.51. The lowest BCUT2D eigenvalue weighted by Gasteiger charge is -2.04. The van der Waals surface area contributed by atoms with Gasteiger partial charge in [0.2, 0.25) is 5.91 Å². The summed E-state index contributed by atoms with van der Waals surface area (Å²) >= 11 is 0. The molecule has 9 heteroatoms. The molecule has 0 fully saturated rings. The summed E-state index contributed by atoms with van der Waals surface area (Å²) in [6.45, 7) is 0. The third-order valence-electron chi connectivity index (χ3n) is 2.30. The second-order valence-electron chi connectivity index (χ2n) is 3.46. The van der Waals surface area contributed by atoms with E-state index in [1.807, 2.05) is 0 Å². The van der Waals surface area contributed by atoms with Gasteiger partial charge in [-0.2, -0.15) is 0 Å². The van der Waals surface area contributed by atoms with Gasteiger partial charge in [0, 0.05) is 16.9 Å². The van der Waals surface area contributed by atoms with Gasteiger partial charge in [-0.15, -0.1) is 0 Å². The average molecular weight is 264 g/mol. The number of benzene rings is 1. The Morgan fingerprint density at radius 3 is 2.68 bits per heavy atom. The van der Waals surface area contributed by atoms with Crippen LogP contribution < -0.4 is 0 Å². The maximum atomic E-state index is 11.0.